The minimum Gasteiger partial charge on any atom is -0.389 e. The van der Waals surface area contributed by atoms with Gasteiger partial charge in [-0.05, 0) is 38.0 Å². The summed E-state index contributed by atoms with van der Waals surface area (Å²) in [5.74, 6) is 0.374. The Morgan fingerprint density at radius 1 is 1.38 bits per heavy atom. The lowest BCUT2D eigenvalue weighted by Crippen LogP contribution is -2.59. The van der Waals surface area contributed by atoms with Crippen LogP contribution in [0.1, 0.15) is 45.4 Å². The van der Waals surface area contributed by atoms with Crippen molar-refractivity contribution >= 4 is 0 Å². The summed E-state index contributed by atoms with van der Waals surface area (Å²) in [6, 6.07) is 0. The minimum atomic E-state index is -0.568. The highest BCUT2D eigenvalue weighted by atomic mass is 16.5. The van der Waals surface area contributed by atoms with Gasteiger partial charge in [0.25, 0.3) is 0 Å². The maximum atomic E-state index is 11.1. The molecule has 3 N–H and O–H groups in total. The molecular formula is C13H23NO2. The van der Waals surface area contributed by atoms with E-state index in [0.717, 1.165) is 38.5 Å². The first kappa shape index (κ1) is 11.0. The predicted molar refractivity (Wildman–Crippen MR) is 62.0 cm³/mol. The van der Waals surface area contributed by atoms with Gasteiger partial charge in [-0.3, -0.25) is 0 Å². The van der Waals surface area contributed by atoms with E-state index in [0.29, 0.717) is 18.6 Å². The van der Waals surface area contributed by atoms with Crippen molar-refractivity contribution in [3.8, 4) is 0 Å². The van der Waals surface area contributed by atoms with Crippen molar-refractivity contribution in [2.75, 3.05) is 6.54 Å². The van der Waals surface area contributed by atoms with Gasteiger partial charge in [0.1, 0.15) is 0 Å². The van der Waals surface area contributed by atoms with Crippen LogP contribution >= 0.6 is 0 Å². The summed E-state index contributed by atoms with van der Waals surface area (Å²) in [4.78, 5) is 0. The van der Waals surface area contributed by atoms with Gasteiger partial charge in [-0.25, -0.2) is 0 Å². The van der Waals surface area contributed by atoms with Crippen molar-refractivity contribution in [3.63, 3.8) is 0 Å². The zero-order chi connectivity index (χ0) is 11.4. The minimum absolute atomic E-state index is 0.147. The van der Waals surface area contributed by atoms with Crippen molar-refractivity contribution in [1.82, 2.24) is 0 Å². The Balaban J connectivity index is 1.96. The summed E-state index contributed by atoms with van der Waals surface area (Å²) in [5, 5.41) is 11.1. The molecule has 3 fully saturated rings. The van der Waals surface area contributed by atoms with Gasteiger partial charge in [-0.1, -0.05) is 13.3 Å². The smallest absolute Gasteiger partial charge is 0.0767 e. The van der Waals surface area contributed by atoms with Crippen LogP contribution in [0.4, 0.5) is 0 Å². The molecule has 2 saturated heterocycles. The summed E-state index contributed by atoms with van der Waals surface area (Å²) in [6.45, 7) is 2.76. The van der Waals surface area contributed by atoms with Gasteiger partial charge in [-0.15, -0.1) is 0 Å². The number of aliphatic hydroxyl groups is 1. The Labute approximate surface area is 97.3 Å². The highest BCUT2D eigenvalue weighted by Crippen LogP contribution is 2.59. The van der Waals surface area contributed by atoms with Crippen LogP contribution in [0.3, 0.4) is 0 Å². The highest BCUT2D eigenvalue weighted by Gasteiger charge is 2.64. The number of hydrogen-bond donors (Lipinski definition) is 2. The van der Waals surface area contributed by atoms with Crippen LogP contribution in [0.5, 0.6) is 0 Å². The van der Waals surface area contributed by atoms with Gasteiger partial charge in [0.05, 0.1) is 17.8 Å². The molecule has 0 aromatic rings. The zero-order valence-electron chi connectivity index (χ0n) is 10.1. The lowest BCUT2D eigenvalue weighted by Gasteiger charge is -2.48. The van der Waals surface area contributed by atoms with Gasteiger partial charge in [0.15, 0.2) is 0 Å². The molecule has 1 aliphatic carbocycles. The number of rotatable bonds is 2. The predicted octanol–water partition coefficient (Wildman–Crippen LogP) is 1.43. The molecule has 0 aromatic carbocycles. The second-order valence-electron chi connectivity index (χ2n) is 6.11. The van der Waals surface area contributed by atoms with Crippen LogP contribution < -0.4 is 5.73 Å². The molecular weight excluding hydrogens is 202 g/mol. The molecule has 16 heavy (non-hydrogen) atoms. The SMILES string of the molecule is CC1CCCC1(O)C1(CN)CC2CCC1O2. The maximum absolute atomic E-state index is 11.1. The van der Waals surface area contributed by atoms with E-state index in [1.54, 1.807) is 0 Å². The van der Waals surface area contributed by atoms with E-state index in [-0.39, 0.29) is 11.5 Å². The number of hydrogen-bond acceptors (Lipinski definition) is 3. The van der Waals surface area contributed by atoms with Crippen LogP contribution in [0.15, 0.2) is 0 Å². The average molecular weight is 225 g/mol. The standard InChI is InChI=1S/C13H23NO2/c1-9-3-2-6-13(9,15)12(8-14)7-10-4-5-11(12)16-10/h9-11,15H,2-8,14H2,1H3. The number of fused-ring (bicyclic) bond motifs is 2. The molecule has 2 heterocycles. The van der Waals surface area contributed by atoms with Crippen LogP contribution in [-0.4, -0.2) is 29.5 Å². The third-order valence-electron chi connectivity index (χ3n) is 5.55. The topological polar surface area (TPSA) is 55.5 Å². The third-order valence-corrected chi connectivity index (χ3v) is 5.55. The molecule has 0 aromatic heterocycles. The van der Waals surface area contributed by atoms with Gasteiger partial charge in [0, 0.05) is 12.0 Å². The Morgan fingerprint density at radius 3 is 2.62 bits per heavy atom. The molecule has 0 spiro atoms. The van der Waals surface area contributed by atoms with E-state index >= 15 is 0 Å². The van der Waals surface area contributed by atoms with Gasteiger partial charge in [-0.2, -0.15) is 0 Å². The van der Waals surface area contributed by atoms with E-state index in [4.69, 9.17) is 10.5 Å². The molecule has 2 bridgehead atoms. The van der Waals surface area contributed by atoms with Crippen LogP contribution in [0.2, 0.25) is 0 Å². The summed E-state index contributed by atoms with van der Waals surface area (Å²) in [6.07, 6.45) is 7.01. The molecule has 5 unspecified atom stereocenters. The molecule has 3 rings (SSSR count). The molecule has 1 saturated carbocycles. The summed E-state index contributed by atoms with van der Waals surface area (Å²) in [7, 11) is 0. The monoisotopic (exact) mass is 225 g/mol. The molecule has 0 amide bonds. The summed E-state index contributed by atoms with van der Waals surface area (Å²) in [5.41, 5.74) is 5.33. The van der Waals surface area contributed by atoms with Crippen molar-refractivity contribution in [2.45, 2.75) is 63.3 Å². The van der Waals surface area contributed by atoms with E-state index in [1.165, 1.54) is 0 Å². The summed E-state index contributed by atoms with van der Waals surface area (Å²) >= 11 is 0. The maximum Gasteiger partial charge on any atom is 0.0767 e. The Morgan fingerprint density at radius 2 is 2.19 bits per heavy atom. The normalized spacial score (nSPS) is 56.1. The first-order valence-electron chi connectivity index (χ1n) is 6.70. The third kappa shape index (κ3) is 1.14. The highest BCUT2D eigenvalue weighted by molar-refractivity contribution is 5.14. The van der Waals surface area contributed by atoms with Crippen LogP contribution in [-0.2, 0) is 4.74 Å². The van der Waals surface area contributed by atoms with Crippen molar-refractivity contribution in [1.29, 1.82) is 0 Å². The molecule has 0 radical (unpaired) electrons. The van der Waals surface area contributed by atoms with E-state index < -0.39 is 5.60 Å². The van der Waals surface area contributed by atoms with Crippen LogP contribution in [0, 0.1) is 11.3 Å². The van der Waals surface area contributed by atoms with Crippen molar-refractivity contribution in [2.24, 2.45) is 17.1 Å². The lowest BCUT2D eigenvalue weighted by atomic mass is 9.60. The van der Waals surface area contributed by atoms with Gasteiger partial charge in [0.2, 0.25) is 0 Å². The van der Waals surface area contributed by atoms with Crippen LogP contribution in [0.25, 0.3) is 0 Å². The van der Waals surface area contributed by atoms with E-state index in [2.05, 4.69) is 6.92 Å². The molecule has 92 valence electrons. The van der Waals surface area contributed by atoms with Crippen molar-refractivity contribution in [3.05, 3.63) is 0 Å². The lowest BCUT2D eigenvalue weighted by molar-refractivity contribution is -0.130. The number of ether oxygens (including phenoxy) is 1. The second-order valence-corrected chi connectivity index (χ2v) is 6.11. The Kier molecular flexibility index (Phi) is 2.36. The van der Waals surface area contributed by atoms with E-state index in [9.17, 15) is 5.11 Å². The van der Waals surface area contributed by atoms with E-state index in [1.807, 2.05) is 0 Å². The quantitative estimate of drug-likeness (QED) is 0.747. The van der Waals surface area contributed by atoms with Crippen molar-refractivity contribution < 1.29 is 9.84 Å². The average Bonchev–Trinajstić information content (AvgIpc) is 2.95. The first-order chi connectivity index (χ1) is 7.62. The fourth-order valence-electron chi connectivity index (χ4n) is 4.55. The number of nitrogens with two attached hydrogens (primary N) is 1. The zero-order valence-corrected chi connectivity index (χ0v) is 10.1. The van der Waals surface area contributed by atoms with Gasteiger partial charge >= 0.3 is 0 Å². The Bertz CT molecular complexity index is 296. The second kappa shape index (κ2) is 3.44. The molecule has 3 aliphatic rings. The Hall–Kier alpha value is -0.120. The fourth-order valence-corrected chi connectivity index (χ4v) is 4.55. The fraction of sp³-hybridized carbons (Fsp3) is 1.00. The molecule has 5 atom stereocenters. The molecule has 3 heteroatoms. The first-order valence-corrected chi connectivity index (χ1v) is 6.70. The molecule has 3 nitrogen and oxygen atoms in total. The largest absolute Gasteiger partial charge is 0.389 e. The van der Waals surface area contributed by atoms with Gasteiger partial charge < -0.3 is 15.6 Å². The summed E-state index contributed by atoms with van der Waals surface area (Å²) < 4.78 is 5.97. The molecule has 2 aliphatic heterocycles.